The first-order valence-corrected chi connectivity index (χ1v) is 15.9. The number of pyridine rings is 1. The Morgan fingerprint density at radius 2 is 1.83 bits per heavy atom. The zero-order valence-electron chi connectivity index (χ0n) is 26.9. The quantitative estimate of drug-likeness (QED) is 0.247. The summed E-state index contributed by atoms with van der Waals surface area (Å²) in [4.78, 5) is 50.2. The second-order valence-electron chi connectivity index (χ2n) is 13.6. The lowest BCUT2D eigenvalue weighted by molar-refractivity contribution is -0.122. The predicted octanol–water partition coefficient (Wildman–Crippen LogP) is 6.07. The number of nitrogens with zero attached hydrogens (tertiary/aromatic N) is 4. The summed E-state index contributed by atoms with van der Waals surface area (Å²) < 4.78 is 7.74. The van der Waals surface area contributed by atoms with E-state index in [1.165, 1.54) is 0 Å². The van der Waals surface area contributed by atoms with Gasteiger partial charge in [0.05, 0.1) is 23.0 Å². The second kappa shape index (κ2) is 10.9. The van der Waals surface area contributed by atoms with Crippen LogP contribution in [0.4, 0.5) is 22.0 Å². The highest BCUT2D eigenvalue weighted by Gasteiger charge is 2.49. The average molecular weight is 622 g/mol. The highest BCUT2D eigenvalue weighted by Crippen LogP contribution is 2.47. The Hall–Kier alpha value is -4.93. The Morgan fingerprint density at radius 1 is 1.07 bits per heavy atom. The van der Waals surface area contributed by atoms with Gasteiger partial charge in [0.2, 0.25) is 5.91 Å². The lowest BCUT2D eigenvalue weighted by atomic mass is 9.73. The predicted molar refractivity (Wildman–Crippen MR) is 176 cm³/mol. The number of rotatable bonds is 5. The summed E-state index contributed by atoms with van der Waals surface area (Å²) in [6.07, 6.45) is 4.77. The summed E-state index contributed by atoms with van der Waals surface area (Å²) in [5.74, 6) is 0.465. The molecule has 4 heterocycles. The first-order valence-electron chi connectivity index (χ1n) is 15.9. The molecule has 2 fully saturated rings. The molecule has 1 spiro atoms. The van der Waals surface area contributed by atoms with Gasteiger partial charge in [0.25, 0.3) is 5.91 Å². The molecule has 1 saturated carbocycles. The molecule has 11 heteroatoms. The van der Waals surface area contributed by atoms with E-state index in [-0.39, 0.29) is 17.9 Å². The standard InChI is InChI=1S/C35H39N7O4/c1-20-6-8-22(17-24(20)31(43)36-5)38-30-29-28(37-19-42(29)23-9-10-23)18-26(39-30)21-7-11-25-27(16-21)40-32(44)35(25)12-14-41(15-13-35)33(45)46-34(2,3)4/h6-8,11,16-19,23H,9-10,12-15H2,1-5H3,(H,36,43)(H,38,39)(H,40,44). The maximum Gasteiger partial charge on any atom is 0.410 e. The number of anilines is 3. The topological polar surface area (TPSA) is 130 Å². The van der Waals surface area contributed by atoms with Crippen molar-refractivity contribution in [1.82, 2.24) is 24.8 Å². The van der Waals surface area contributed by atoms with Gasteiger partial charge in [-0.05, 0) is 88.8 Å². The van der Waals surface area contributed by atoms with Crippen molar-refractivity contribution in [1.29, 1.82) is 0 Å². The largest absolute Gasteiger partial charge is 0.444 e. The van der Waals surface area contributed by atoms with Gasteiger partial charge in [-0.3, -0.25) is 9.59 Å². The van der Waals surface area contributed by atoms with Gasteiger partial charge in [0, 0.05) is 48.7 Å². The fraction of sp³-hybridized carbons (Fsp3) is 0.400. The number of hydrogen-bond acceptors (Lipinski definition) is 7. The van der Waals surface area contributed by atoms with Crippen LogP contribution < -0.4 is 16.0 Å². The van der Waals surface area contributed by atoms with Crippen LogP contribution in [0.15, 0.2) is 48.8 Å². The molecule has 238 valence electrons. The van der Waals surface area contributed by atoms with E-state index in [0.29, 0.717) is 49.0 Å². The van der Waals surface area contributed by atoms with Gasteiger partial charge < -0.3 is 30.2 Å². The van der Waals surface area contributed by atoms with Crippen molar-refractivity contribution in [3.8, 4) is 11.3 Å². The molecule has 0 radical (unpaired) electrons. The van der Waals surface area contributed by atoms with E-state index in [4.69, 9.17) is 14.7 Å². The Balaban J connectivity index is 1.21. The van der Waals surface area contributed by atoms with Gasteiger partial charge in [-0.2, -0.15) is 0 Å². The second-order valence-corrected chi connectivity index (χ2v) is 13.6. The first kappa shape index (κ1) is 29.8. The third-order valence-electron chi connectivity index (χ3n) is 9.25. The van der Waals surface area contributed by atoms with E-state index in [9.17, 15) is 14.4 Å². The van der Waals surface area contributed by atoms with E-state index >= 15 is 0 Å². The Labute approximate surface area is 267 Å². The van der Waals surface area contributed by atoms with Gasteiger partial charge in [0.15, 0.2) is 5.82 Å². The van der Waals surface area contributed by atoms with Crippen LogP contribution in [-0.4, -0.2) is 63.1 Å². The van der Waals surface area contributed by atoms with Crippen molar-refractivity contribution in [3.63, 3.8) is 0 Å². The molecule has 2 aromatic heterocycles. The summed E-state index contributed by atoms with van der Waals surface area (Å²) in [5, 5.41) is 9.32. The SMILES string of the molecule is CNC(=O)c1cc(Nc2nc(-c3ccc4c(c3)NC(=O)C43CCN(C(=O)OC(C)(C)C)CC3)cc3ncn(C4CC4)c23)ccc1C. The minimum atomic E-state index is -0.687. The van der Waals surface area contributed by atoms with Crippen LogP contribution in [0.5, 0.6) is 0 Å². The maximum atomic E-state index is 13.5. The van der Waals surface area contributed by atoms with Crippen LogP contribution in [0.3, 0.4) is 0 Å². The highest BCUT2D eigenvalue weighted by molar-refractivity contribution is 6.07. The number of ether oxygens (including phenoxy) is 1. The zero-order chi connectivity index (χ0) is 32.4. The monoisotopic (exact) mass is 621 g/mol. The molecule has 7 rings (SSSR count). The molecule has 0 atom stereocenters. The average Bonchev–Trinajstić information content (AvgIpc) is 3.72. The number of carbonyl (C=O) groups is 3. The Bertz CT molecular complexity index is 1890. The van der Waals surface area contributed by atoms with Crippen molar-refractivity contribution >= 4 is 46.1 Å². The zero-order valence-corrected chi connectivity index (χ0v) is 26.9. The molecule has 2 aliphatic heterocycles. The number of piperidine rings is 1. The minimum Gasteiger partial charge on any atom is -0.444 e. The van der Waals surface area contributed by atoms with E-state index in [1.54, 1.807) is 11.9 Å². The van der Waals surface area contributed by atoms with E-state index in [1.807, 2.05) is 76.5 Å². The summed E-state index contributed by atoms with van der Waals surface area (Å²) in [5.41, 5.74) is 5.97. The van der Waals surface area contributed by atoms with Gasteiger partial charge in [-0.25, -0.2) is 14.8 Å². The van der Waals surface area contributed by atoms with Crippen LogP contribution in [0.2, 0.25) is 0 Å². The number of aryl methyl sites for hydroxylation is 1. The molecule has 11 nitrogen and oxygen atoms in total. The molecule has 0 unspecified atom stereocenters. The third-order valence-corrected chi connectivity index (χ3v) is 9.25. The van der Waals surface area contributed by atoms with Crippen LogP contribution in [0.1, 0.15) is 74.0 Å². The Morgan fingerprint density at radius 3 is 2.52 bits per heavy atom. The normalized spacial score (nSPS) is 17.2. The smallest absolute Gasteiger partial charge is 0.410 e. The van der Waals surface area contributed by atoms with Crippen molar-refractivity contribution in [3.05, 3.63) is 65.5 Å². The summed E-state index contributed by atoms with van der Waals surface area (Å²) in [6, 6.07) is 14.1. The fourth-order valence-electron chi connectivity index (χ4n) is 6.62. The molecule has 1 saturated heterocycles. The van der Waals surface area contributed by atoms with Gasteiger partial charge >= 0.3 is 6.09 Å². The molecule has 3 N–H and O–H groups in total. The van der Waals surface area contributed by atoms with E-state index in [0.717, 1.165) is 51.9 Å². The molecular weight excluding hydrogens is 582 g/mol. The molecule has 3 amide bonds. The number of carbonyl (C=O) groups excluding carboxylic acids is 3. The van der Waals surface area contributed by atoms with Crippen molar-refractivity contribution in [2.24, 2.45) is 0 Å². The number of hydrogen-bond donors (Lipinski definition) is 3. The highest BCUT2D eigenvalue weighted by atomic mass is 16.6. The van der Waals surface area contributed by atoms with Crippen LogP contribution in [0.25, 0.3) is 22.3 Å². The van der Waals surface area contributed by atoms with E-state index < -0.39 is 11.0 Å². The van der Waals surface area contributed by atoms with Gasteiger partial charge in [-0.1, -0.05) is 18.2 Å². The lowest BCUT2D eigenvalue weighted by Crippen LogP contribution is -2.49. The number of aromatic nitrogens is 3. The summed E-state index contributed by atoms with van der Waals surface area (Å²) in [6.45, 7) is 8.36. The van der Waals surface area contributed by atoms with Crippen molar-refractivity contribution < 1.29 is 19.1 Å². The first-order chi connectivity index (χ1) is 22.0. The third kappa shape index (κ3) is 5.23. The molecule has 4 aromatic rings. The van der Waals surface area contributed by atoms with Crippen LogP contribution in [0, 0.1) is 6.92 Å². The maximum absolute atomic E-state index is 13.5. The number of amides is 3. The number of nitrogens with one attached hydrogen (secondary N) is 3. The summed E-state index contributed by atoms with van der Waals surface area (Å²) in [7, 11) is 1.62. The molecule has 46 heavy (non-hydrogen) atoms. The number of imidazole rings is 1. The van der Waals surface area contributed by atoms with Gasteiger partial charge in [0.1, 0.15) is 11.1 Å². The van der Waals surface area contributed by atoms with Crippen molar-refractivity contribution in [2.45, 2.75) is 70.4 Å². The van der Waals surface area contributed by atoms with Crippen LogP contribution in [-0.2, 0) is 14.9 Å². The molecule has 2 aromatic carbocycles. The fourth-order valence-corrected chi connectivity index (χ4v) is 6.62. The lowest BCUT2D eigenvalue weighted by Gasteiger charge is -2.38. The number of likely N-dealkylation sites (tertiary alicyclic amines) is 1. The molecule has 0 bridgehead atoms. The number of fused-ring (bicyclic) bond motifs is 3. The minimum absolute atomic E-state index is 0.0382. The molecule has 1 aliphatic carbocycles. The molecule has 3 aliphatic rings. The number of benzene rings is 2. The van der Waals surface area contributed by atoms with Crippen molar-refractivity contribution in [2.75, 3.05) is 30.8 Å². The Kier molecular flexibility index (Phi) is 7.02. The summed E-state index contributed by atoms with van der Waals surface area (Å²) >= 11 is 0. The van der Waals surface area contributed by atoms with Gasteiger partial charge in [-0.15, -0.1) is 0 Å². The van der Waals surface area contributed by atoms with E-state index in [2.05, 4.69) is 20.5 Å². The molecular formula is C35H39N7O4. The van der Waals surface area contributed by atoms with Crippen LogP contribution >= 0.6 is 0 Å².